The van der Waals surface area contributed by atoms with Crippen LogP contribution in [0.3, 0.4) is 0 Å². The second-order valence-electron chi connectivity index (χ2n) is 5.01. The Morgan fingerprint density at radius 3 is 2.53 bits per heavy atom. The number of carboxylic acids is 1. The Bertz CT molecular complexity index is 489. The minimum atomic E-state index is -1.10. The number of benzene rings is 1. The lowest BCUT2D eigenvalue weighted by atomic mass is 10.00. The lowest BCUT2D eigenvalue weighted by Gasteiger charge is -2.34. The highest BCUT2D eigenvalue weighted by Gasteiger charge is 2.46. The van der Waals surface area contributed by atoms with Crippen molar-refractivity contribution in [2.75, 3.05) is 18.5 Å². The largest absolute Gasteiger partial charge is 0.480 e. The number of carbonyl (C=O) groups is 2. The van der Waals surface area contributed by atoms with Gasteiger partial charge in [-0.2, -0.15) is 0 Å². The van der Waals surface area contributed by atoms with Gasteiger partial charge in [-0.3, -0.25) is 4.90 Å². The van der Waals surface area contributed by atoms with Gasteiger partial charge >= 0.3 is 12.0 Å². The molecule has 1 aliphatic rings. The summed E-state index contributed by atoms with van der Waals surface area (Å²) in [5.74, 6) is -0.945. The maximum Gasteiger partial charge on any atom is 0.329 e. The van der Waals surface area contributed by atoms with Crippen molar-refractivity contribution in [1.82, 2.24) is 4.90 Å². The summed E-state index contributed by atoms with van der Waals surface area (Å²) in [7, 11) is 1.66. The molecule has 1 aromatic rings. The summed E-state index contributed by atoms with van der Waals surface area (Å²) in [5, 5.41) is 9.33. The van der Waals surface area contributed by atoms with Gasteiger partial charge in [0, 0.05) is 19.3 Å². The summed E-state index contributed by atoms with van der Waals surface area (Å²) in [6.07, 6.45) is 1.22. The molecular weight excluding hydrogens is 244 g/mol. The first-order chi connectivity index (χ1) is 8.97. The third-order valence-electron chi connectivity index (χ3n) is 3.76. The highest BCUT2D eigenvalue weighted by Crippen LogP contribution is 2.31. The fraction of sp³-hybridized carbons (Fsp3) is 0.429. The first kappa shape index (κ1) is 13.4. The molecule has 1 heterocycles. The topological polar surface area (TPSA) is 60.9 Å². The van der Waals surface area contributed by atoms with Crippen molar-refractivity contribution in [1.29, 1.82) is 0 Å². The number of carboxylic acid groups (broad SMARTS) is 1. The molecule has 0 aliphatic carbocycles. The van der Waals surface area contributed by atoms with Gasteiger partial charge in [-0.15, -0.1) is 0 Å². The predicted molar refractivity (Wildman–Crippen MR) is 72.2 cm³/mol. The smallest absolute Gasteiger partial charge is 0.329 e. The van der Waals surface area contributed by atoms with Gasteiger partial charge in [0.15, 0.2) is 0 Å². The molecule has 5 heteroatoms. The molecular formula is C14H18N2O3. The quantitative estimate of drug-likeness (QED) is 0.888. The maximum absolute atomic E-state index is 12.5. The highest BCUT2D eigenvalue weighted by atomic mass is 16.4. The van der Waals surface area contributed by atoms with Gasteiger partial charge in [0.2, 0.25) is 0 Å². The summed E-state index contributed by atoms with van der Waals surface area (Å²) in [4.78, 5) is 26.8. The highest BCUT2D eigenvalue weighted by molar-refractivity contribution is 5.95. The van der Waals surface area contributed by atoms with Crippen molar-refractivity contribution in [3.05, 3.63) is 30.3 Å². The number of hydrogen-bond donors (Lipinski definition) is 1. The van der Waals surface area contributed by atoms with Crippen LogP contribution >= 0.6 is 0 Å². The molecule has 0 saturated carbocycles. The zero-order chi connectivity index (χ0) is 14.0. The summed E-state index contributed by atoms with van der Waals surface area (Å²) in [5.41, 5.74) is -0.340. The first-order valence-electron chi connectivity index (χ1n) is 6.30. The molecule has 0 spiro atoms. The van der Waals surface area contributed by atoms with Crippen molar-refractivity contribution in [3.8, 4) is 0 Å². The zero-order valence-electron chi connectivity index (χ0n) is 11.2. The van der Waals surface area contributed by atoms with Crippen LogP contribution in [0.2, 0.25) is 0 Å². The molecule has 19 heavy (non-hydrogen) atoms. The first-order valence-corrected chi connectivity index (χ1v) is 6.30. The van der Waals surface area contributed by atoms with Gasteiger partial charge in [-0.05, 0) is 31.9 Å². The second kappa shape index (κ2) is 4.91. The Labute approximate surface area is 112 Å². The Morgan fingerprint density at radius 2 is 1.95 bits per heavy atom. The van der Waals surface area contributed by atoms with E-state index in [1.165, 1.54) is 9.80 Å². The third-order valence-corrected chi connectivity index (χ3v) is 3.76. The zero-order valence-corrected chi connectivity index (χ0v) is 11.2. The van der Waals surface area contributed by atoms with Crippen LogP contribution in [0.25, 0.3) is 0 Å². The van der Waals surface area contributed by atoms with Crippen LogP contribution in [-0.2, 0) is 4.79 Å². The molecule has 0 bridgehead atoms. The summed E-state index contributed by atoms with van der Waals surface area (Å²) in [6, 6.07) is 8.95. The van der Waals surface area contributed by atoms with Gasteiger partial charge in [0.1, 0.15) is 5.54 Å². The Morgan fingerprint density at radius 1 is 1.32 bits per heavy atom. The summed E-state index contributed by atoms with van der Waals surface area (Å²) >= 11 is 0. The maximum atomic E-state index is 12.5. The molecule has 1 unspecified atom stereocenters. The van der Waals surface area contributed by atoms with Crippen molar-refractivity contribution in [2.24, 2.45) is 0 Å². The van der Waals surface area contributed by atoms with E-state index >= 15 is 0 Å². The van der Waals surface area contributed by atoms with Crippen LogP contribution in [0.5, 0.6) is 0 Å². The number of likely N-dealkylation sites (tertiary alicyclic amines) is 1. The number of urea groups is 1. The average Bonchev–Trinajstić information content (AvgIpc) is 2.81. The minimum absolute atomic E-state index is 0.270. The molecule has 1 atom stereocenters. The molecule has 1 N–H and O–H groups in total. The molecule has 2 rings (SSSR count). The van der Waals surface area contributed by atoms with E-state index in [1.54, 1.807) is 14.0 Å². The van der Waals surface area contributed by atoms with Gasteiger partial charge in [-0.25, -0.2) is 9.59 Å². The number of rotatable bonds is 2. The van der Waals surface area contributed by atoms with Gasteiger partial charge in [0.25, 0.3) is 0 Å². The van der Waals surface area contributed by atoms with Crippen molar-refractivity contribution >= 4 is 17.7 Å². The number of carbonyl (C=O) groups excluding carboxylic acids is 1. The Hall–Kier alpha value is -2.04. The molecule has 2 amide bonds. The van der Waals surface area contributed by atoms with E-state index < -0.39 is 11.5 Å². The second-order valence-corrected chi connectivity index (χ2v) is 5.01. The van der Waals surface area contributed by atoms with Crippen LogP contribution < -0.4 is 4.90 Å². The average molecular weight is 262 g/mol. The van der Waals surface area contributed by atoms with E-state index in [2.05, 4.69) is 0 Å². The van der Waals surface area contributed by atoms with E-state index in [4.69, 9.17) is 0 Å². The van der Waals surface area contributed by atoms with Crippen molar-refractivity contribution in [2.45, 2.75) is 25.3 Å². The van der Waals surface area contributed by atoms with E-state index in [0.29, 0.717) is 13.0 Å². The molecule has 1 fully saturated rings. The van der Waals surface area contributed by atoms with Crippen molar-refractivity contribution in [3.63, 3.8) is 0 Å². The Kier molecular flexibility index (Phi) is 3.46. The summed E-state index contributed by atoms with van der Waals surface area (Å²) < 4.78 is 0. The fourth-order valence-corrected chi connectivity index (χ4v) is 2.44. The fourth-order valence-electron chi connectivity index (χ4n) is 2.44. The van der Waals surface area contributed by atoms with Crippen molar-refractivity contribution < 1.29 is 14.7 Å². The van der Waals surface area contributed by atoms with Gasteiger partial charge in [-0.1, -0.05) is 18.2 Å². The number of amides is 2. The lowest BCUT2D eigenvalue weighted by Crippen LogP contribution is -2.54. The number of aliphatic carboxylic acids is 1. The molecule has 1 saturated heterocycles. The molecule has 5 nitrogen and oxygen atoms in total. The molecule has 1 aromatic carbocycles. The molecule has 1 aliphatic heterocycles. The van der Waals surface area contributed by atoms with Gasteiger partial charge < -0.3 is 10.0 Å². The van der Waals surface area contributed by atoms with Crippen LogP contribution in [0, 0.1) is 0 Å². The third kappa shape index (κ3) is 2.28. The standard InChI is InChI=1S/C14H18N2O3/c1-14(12(17)18)9-6-10-16(14)13(19)15(2)11-7-4-3-5-8-11/h3-5,7-8H,6,9-10H2,1-2H3,(H,17,18). The number of nitrogens with zero attached hydrogens (tertiary/aromatic N) is 2. The Balaban J connectivity index is 2.22. The molecule has 0 radical (unpaired) electrons. The summed E-state index contributed by atoms with van der Waals surface area (Å²) in [6.45, 7) is 2.10. The lowest BCUT2D eigenvalue weighted by molar-refractivity contribution is -0.147. The van der Waals surface area contributed by atoms with E-state index in [0.717, 1.165) is 12.1 Å². The normalized spacial score (nSPS) is 22.3. The van der Waals surface area contributed by atoms with E-state index in [1.807, 2.05) is 30.3 Å². The van der Waals surface area contributed by atoms with Crippen LogP contribution in [0.1, 0.15) is 19.8 Å². The van der Waals surface area contributed by atoms with Crippen LogP contribution in [0.4, 0.5) is 10.5 Å². The minimum Gasteiger partial charge on any atom is -0.480 e. The van der Waals surface area contributed by atoms with Crippen LogP contribution in [-0.4, -0.2) is 41.1 Å². The molecule has 102 valence electrons. The van der Waals surface area contributed by atoms with E-state index in [-0.39, 0.29) is 6.03 Å². The monoisotopic (exact) mass is 262 g/mol. The SMILES string of the molecule is CN(C(=O)N1CCCC1(C)C(=O)O)c1ccccc1. The van der Waals surface area contributed by atoms with Gasteiger partial charge in [0.05, 0.1) is 0 Å². The number of para-hydroxylation sites is 1. The van der Waals surface area contributed by atoms with E-state index in [9.17, 15) is 14.7 Å². The number of anilines is 1. The van der Waals surface area contributed by atoms with Crippen LogP contribution in [0.15, 0.2) is 30.3 Å². The number of hydrogen-bond acceptors (Lipinski definition) is 2. The predicted octanol–water partition coefficient (Wildman–Crippen LogP) is 2.18. The molecule has 0 aromatic heterocycles.